The highest BCUT2D eigenvalue weighted by molar-refractivity contribution is 6.17. The Bertz CT molecular complexity index is 95.0. The minimum atomic E-state index is 0.505. The zero-order chi connectivity index (χ0) is 8.10. The van der Waals surface area contributed by atoms with Gasteiger partial charge in [-0.1, -0.05) is 6.92 Å². The van der Waals surface area contributed by atoms with E-state index < -0.39 is 0 Å². The second kappa shape index (κ2) is 5.00. The van der Waals surface area contributed by atoms with Crippen molar-refractivity contribution in [2.75, 3.05) is 12.5 Å². The largest absolute Gasteiger partial charge is 0.377 e. The van der Waals surface area contributed by atoms with Crippen molar-refractivity contribution in [3.63, 3.8) is 0 Å². The van der Waals surface area contributed by atoms with Gasteiger partial charge in [0.05, 0.1) is 12.7 Å². The fraction of sp³-hybridized carbons (Fsp3) is 1.00. The fourth-order valence-electron chi connectivity index (χ4n) is 1.61. The highest BCUT2D eigenvalue weighted by atomic mass is 35.5. The van der Waals surface area contributed by atoms with Gasteiger partial charge < -0.3 is 4.74 Å². The third-order valence-corrected chi connectivity index (χ3v) is 2.55. The zero-order valence-electron chi connectivity index (χ0n) is 7.18. The van der Waals surface area contributed by atoms with Gasteiger partial charge in [-0.25, -0.2) is 0 Å². The maximum atomic E-state index is 5.55. The monoisotopic (exact) mass is 176 g/mol. The molecule has 1 aliphatic carbocycles. The Labute approximate surface area is 74.1 Å². The summed E-state index contributed by atoms with van der Waals surface area (Å²) >= 11 is 5.52. The SMILES string of the molecule is CC1CCC(OCCCl)CC1. The van der Waals surface area contributed by atoms with Crippen LogP contribution in [-0.4, -0.2) is 18.6 Å². The molecule has 1 nitrogen and oxygen atoms in total. The predicted molar refractivity (Wildman–Crippen MR) is 48.1 cm³/mol. The zero-order valence-corrected chi connectivity index (χ0v) is 7.94. The smallest absolute Gasteiger partial charge is 0.0605 e. The van der Waals surface area contributed by atoms with Crippen LogP contribution in [-0.2, 0) is 4.74 Å². The predicted octanol–water partition coefficient (Wildman–Crippen LogP) is 2.82. The molecule has 1 rings (SSSR count). The highest BCUT2D eigenvalue weighted by Crippen LogP contribution is 2.25. The minimum absolute atomic E-state index is 0.505. The Kier molecular flexibility index (Phi) is 4.24. The van der Waals surface area contributed by atoms with E-state index in [4.69, 9.17) is 16.3 Å². The number of hydrogen-bond donors (Lipinski definition) is 0. The summed E-state index contributed by atoms with van der Waals surface area (Å²) in [5.41, 5.74) is 0. The Morgan fingerprint density at radius 2 is 1.91 bits per heavy atom. The molecule has 1 saturated carbocycles. The average Bonchev–Trinajstić information content (AvgIpc) is 2.04. The summed E-state index contributed by atoms with van der Waals surface area (Å²) in [6.07, 6.45) is 5.63. The van der Waals surface area contributed by atoms with Crippen molar-refractivity contribution in [3.05, 3.63) is 0 Å². The molecule has 1 aliphatic rings. The van der Waals surface area contributed by atoms with Crippen molar-refractivity contribution < 1.29 is 4.74 Å². The molecule has 0 aromatic carbocycles. The molecular weight excluding hydrogens is 160 g/mol. The van der Waals surface area contributed by atoms with Crippen LogP contribution in [0.4, 0.5) is 0 Å². The molecule has 0 radical (unpaired) electrons. The lowest BCUT2D eigenvalue weighted by Gasteiger charge is -2.25. The molecule has 0 N–H and O–H groups in total. The fourth-order valence-corrected chi connectivity index (χ4v) is 1.70. The molecule has 0 spiro atoms. The third kappa shape index (κ3) is 3.44. The van der Waals surface area contributed by atoms with Crippen molar-refractivity contribution in [1.29, 1.82) is 0 Å². The first-order valence-corrected chi connectivity index (χ1v) is 5.04. The lowest BCUT2D eigenvalue weighted by Crippen LogP contribution is -2.21. The van der Waals surface area contributed by atoms with Crippen LogP contribution in [0.3, 0.4) is 0 Å². The summed E-state index contributed by atoms with van der Waals surface area (Å²) in [6.45, 7) is 3.04. The Hall–Kier alpha value is 0.250. The molecule has 0 bridgehead atoms. The summed E-state index contributed by atoms with van der Waals surface area (Å²) in [7, 11) is 0. The first kappa shape index (κ1) is 9.34. The second-order valence-electron chi connectivity index (χ2n) is 3.44. The molecule has 0 saturated heterocycles. The van der Waals surface area contributed by atoms with Gasteiger partial charge in [-0.3, -0.25) is 0 Å². The molecule has 0 aromatic heterocycles. The summed E-state index contributed by atoms with van der Waals surface area (Å²) in [4.78, 5) is 0. The van der Waals surface area contributed by atoms with E-state index in [1.807, 2.05) is 0 Å². The van der Waals surface area contributed by atoms with Gasteiger partial charge in [0.2, 0.25) is 0 Å². The van der Waals surface area contributed by atoms with Crippen molar-refractivity contribution >= 4 is 11.6 Å². The number of ether oxygens (including phenoxy) is 1. The summed E-state index contributed by atoms with van der Waals surface area (Å²) in [5, 5.41) is 0. The molecule has 0 aromatic rings. The van der Waals surface area contributed by atoms with Crippen LogP contribution in [0.1, 0.15) is 32.6 Å². The van der Waals surface area contributed by atoms with Crippen LogP contribution in [0.5, 0.6) is 0 Å². The third-order valence-electron chi connectivity index (χ3n) is 2.39. The van der Waals surface area contributed by atoms with Crippen molar-refractivity contribution in [3.8, 4) is 0 Å². The Morgan fingerprint density at radius 1 is 1.27 bits per heavy atom. The van der Waals surface area contributed by atoms with E-state index in [1.54, 1.807) is 0 Å². The first-order valence-electron chi connectivity index (χ1n) is 4.50. The molecule has 11 heavy (non-hydrogen) atoms. The second-order valence-corrected chi connectivity index (χ2v) is 3.82. The molecule has 0 aliphatic heterocycles. The normalized spacial score (nSPS) is 32.2. The summed E-state index contributed by atoms with van der Waals surface area (Å²) < 4.78 is 5.55. The van der Waals surface area contributed by atoms with Crippen LogP contribution in [0.25, 0.3) is 0 Å². The first-order chi connectivity index (χ1) is 5.33. The van der Waals surface area contributed by atoms with E-state index in [0.717, 1.165) is 12.5 Å². The van der Waals surface area contributed by atoms with Gasteiger partial charge in [-0.15, -0.1) is 11.6 Å². The minimum Gasteiger partial charge on any atom is -0.377 e. The quantitative estimate of drug-likeness (QED) is 0.601. The number of hydrogen-bond acceptors (Lipinski definition) is 1. The van der Waals surface area contributed by atoms with E-state index in [2.05, 4.69) is 6.92 Å². The van der Waals surface area contributed by atoms with Gasteiger partial charge in [0.25, 0.3) is 0 Å². The molecule has 0 unspecified atom stereocenters. The Morgan fingerprint density at radius 3 is 2.45 bits per heavy atom. The van der Waals surface area contributed by atoms with Crippen LogP contribution >= 0.6 is 11.6 Å². The molecule has 0 atom stereocenters. The molecule has 66 valence electrons. The van der Waals surface area contributed by atoms with Crippen molar-refractivity contribution in [2.24, 2.45) is 5.92 Å². The topological polar surface area (TPSA) is 9.23 Å². The van der Waals surface area contributed by atoms with Crippen LogP contribution in [0.2, 0.25) is 0 Å². The number of alkyl halides is 1. The highest BCUT2D eigenvalue weighted by Gasteiger charge is 2.17. The average molecular weight is 177 g/mol. The van der Waals surface area contributed by atoms with Crippen molar-refractivity contribution in [2.45, 2.75) is 38.7 Å². The van der Waals surface area contributed by atoms with Crippen LogP contribution in [0.15, 0.2) is 0 Å². The van der Waals surface area contributed by atoms with Crippen molar-refractivity contribution in [1.82, 2.24) is 0 Å². The molecule has 2 heteroatoms. The lowest BCUT2D eigenvalue weighted by molar-refractivity contribution is 0.0287. The van der Waals surface area contributed by atoms with Gasteiger partial charge in [0.1, 0.15) is 0 Å². The van der Waals surface area contributed by atoms with Gasteiger partial charge in [-0.05, 0) is 31.6 Å². The summed E-state index contributed by atoms with van der Waals surface area (Å²) in [5.74, 6) is 1.54. The maximum Gasteiger partial charge on any atom is 0.0605 e. The van der Waals surface area contributed by atoms with E-state index in [1.165, 1.54) is 25.7 Å². The standard InChI is InChI=1S/C9H17ClO/c1-8-2-4-9(5-3-8)11-7-6-10/h8-9H,2-7H2,1H3. The maximum absolute atomic E-state index is 5.55. The summed E-state index contributed by atoms with van der Waals surface area (Å²) in [6, 6.07) is 0. The number of halogens is 1. The van der Waals surface area contributed by atoms with E-state index >= 15 is 0 Å². The Balaban J connectivity index is 2.07. The molecule has 0 heterocycles. The number of rotatable bonds is 3. The molecule has 1 fully saturated rings. The van der Waals surface area contributed by atoms with Crippen LogP contribution in [0, 0.1) is 5.92 Å². The molecular formula is C9H17ClO. The lowest BCUT2D eigenvalue weighted by atomic mass is 9.89. The van der Waals surface area contributed by atoms with E-state index in [0.29, 0.717) is 12.0 Å². The van der Waals surface area contributed by atoms with Gasteiger partial charge >= 0.3 is 0 Å². The van der Waals surface area contributed by atoms with Gasteiger partial charge in [0, 0.05) is 5.88 Å². The van der Waals surface area contributed by atoms with E-state index in [9.17, 15) is 0 Å². The van der Waals surface area contributed by atoms with Gasteiger partial charge in [0.15, 0.2) is 0 Å². The van der Waals surface area contributed by atoms with Crippen LogP contribution < -0.4 is 0 Å². The van der Waals surface area contributed by atoms with Gasteiger partial charge in [-0.2, -0.15) is 0 Å². The van der Waals surface area contributed by atoms with E-state index in [-0.39, 0.29) is 0 Å². The molecule has 0 amide bonds.